The summed E-state index contributed by atoms with van der Waals surface area (Å²) in [6, 6.07) is -0.350. The smallest absolute Gasteiger partial charge is 0.244 e. The summed E-state index contributed by atoms with van der Waals surface area (Å²) in [6.45, 7) is 50.5. The van der Waals surface area contributed by atoms with Crippen molar-refractivity contribution in [2.75, 3.05) is 125 Å². The van der Waals surface area contributed by atoms with Gasteiger partial charge in [0.2, 0.25) is 35.4 Å². The zero-order valence-electron chi connectivity index (χ0n) is 56.4. The van der Waals surface area contributed by atoms with Gasteiger partial charge in [-0.05, 0) is 126 Å². The van der Waals surface area contributed by atoms with Crippen LogP contribution in [0.4, 0.5) is 0 Å². The molecule has 92 heavy (non-hydrogen) atoms. The van der Waals surface area contributed by atoms with Crippen molar-refractivity contribution in [3.8, 4) is 0 Å². The Bertz CT molecular complexity index is 2040. The number of allylic oxidation sites excluding steroid dienone is 3. The van der Waals surface area contributed by atoms with Gasteiger partial charge >= 0.3 is 0 Å². The number of nitrogens with one attached hydrogen (secondary N) is 6. The zero-order valence-corrected chi connectivity index (χ0v) is 56.4. The summed E-state index contributed by atoms with van der Waals surface area (Å²) < 4.78 is 46.5. The minimum atomic E-state index is -0.969. The molecular formula is C69H114N6O17. The van der Waals surface area contributed by atoms with Crippen LogP contribution in [0.3, 0.4) is 0 Å². The Kier molecular flexibility index (Phi) is 56.4. The Hall–Kier alpha value is -6.83. The highest BCUT2D eigenvalue weighted by atomic mass is 16.5. The van der Waals surface area contributed by atoms with Gasteiger partial charge in [0.25, 0.3) is 0 Å². The van der Waals surface area contributed by atoms with Crippen LogP contribution in [-0.2, 0) is 81.0 Å². The van der Waals surface area contributed by atoms with Gasteiger partial charge < -0.3 is 69.8 Å². The molecule has 0 aliphatic carbocycles. The van der Waals surface area contributed by atoms with E-state index < -0.39 is 16.9 Å². The first-order chi connectivity index (χ1) is 43.8. The van der Waals surface area contributed by atoms with Crippen LogP contribution in [0.25, 0.3) is 0 Å². The maximum atomic E-state index is 12.2. The molecule has 0 spiro atoms. The molecule has 0 aromatic heterocycles. The highest BCUT2D eigenvalue weighted by Crippen LogP contribution is 2.25. The number of ketones is 3. The lowest BCUT2D eigenvalue weighted by molar-refractivity contribution is -0.123. The molecule has 3 atom stereocenters. The molecule has 0 saturated heterocycles. The summed E-state index contributed by atoms with van der Waals surface area (Å²) in [5.41, 5.74) is -1.47. The van der Waals surface area contributed by atoms with E-state index in [-0.39, 0.29) is 90.1 Å². The van der Waals surface area contributed by atoms with Crippen LogP contribution in [0, 0.1) is 16.7 Å². The monoisotopic (exact) mass is 1300 g/mol. The molecule has 0 saturated carbocycles. The lowest BCUT2D eigenvalue weighted by Crippen LogP contribution is -2.58. The fourth-order valence-corrected chi connectivity index (χ4v) is 7.66. The Balaban J connectivity index is -0.00000132. The number of carbonyl (C=O) groups is 9. The molecule has 3 unspecified atom stereocenters. The van der Waals surface area contributed by atoms with Crippen molar-refractivity contribution in [3.63, 3.8) is 0 Å². The third kappa shape index (κ3) is 53.8. The minimum absolute atomic E-state index is 0.00867. The number of unbranched alkanes of at least 4 members (excludes halogenated alkanes) is 2. The van der Waals surface area contributed by atoms with Gasteiger partial charge in [0.15, 0.2) is 17.3 Å². The Morgan fingerprint density at radius 1 is 0.380 bits per heavy atom. The lowest BCUT2D eigenvalue weighted by atomic mass is 9.88. The summed E-state index contributed by atoms with van der Waals surface area (Å²) in [6.07, 6.45) is 18.0. The number of amides is 6. The third-order valence-electron chi connectivity index (χ3n) is 13.0. The molecule has 23 nitrogen and oxygen atoms in total. The fraction of sp³-hybridized carbons (Fsp3) is 0.609. The van der Waals surface area contributed by atoms with E-state index >= 15 is 0 Å². The zero-order chi connectivity index (χ0) is 69.9. The molecule has 0 heterocycles. The molecule has 0 aromatic carbocycles. The van der Waals surface area contributed by atoms with Gasteiger partial charge in [-0.1, -0.05) is 86.9 Å². The van der Waals surface area contributed by atoms with Gasteiger partial charge in [0.05, 0.1) is 66.1 Å². The first-order valence-corrected chi connectivity index (χ1v) is 31.4. The molecule has 6 N–H and O–H groups in total. The number of hydrogen-bond acceptors (Lipinski definition) is 17. The maximum Gasteiger partial charge on any atom is 0.244 e. The van der Waals surface area contributed by atoms with Crippen molar-refractivity contribution < 1.29 is 81.0 Å². The van der Waals surface area contributed by atoms with Crippen LogP contribution < -0.4 is 31.9 Å². The summed E-state index contributed by atoms with van der Waals surface area (Å²) in [4.78, 5) is 103. The van der Waals surface area contributed by atoms with Crippen molar-refractivity contribution in [2.24, 2.45) is 16.7 Å². The van der Waals surface area contributed by atoms with Crippen LogP contribution >= 0.6 is 0 Å². The number of ether oxygens (including phenoxy) is 8. The second kappa shape index (κ2) is 58.0. The van der Waals surface area contributed by atoms with E-state index in [0.29, 0.717) is 157 Å². The van der Waals surface area contributed by atoms with Crippen LogP contribution in [0.5, 0.6) is 0 Å². The second-order valence-electron chi connectivity index (χ2n) is 22.8. The van der Waals surface area contributed by atoms with Gasteiger partial charge in [-0.15, -0.1) is 0 Å². The Morgan fingerprint density at radius 2 is 0.707 bits per heavy atom. The van der Waals surface area contributed by atoms with Crippen molar-refractivity contribution in [1.82, 2.24) is 31.9 Å². The molecule has 0 aromatic rings. The van der Waals surface area contributed by atoms with Crippen molar-refractivity contribution in [1.29, 1.82) is 0 Å². The van der Waals surface area contributed by atoms with Crippen LogP contribution in [0.1, 0.15) is 112 Å². The average molecular weight is 1300 g/mol. The lowest BCUT2D eigenvalue weighted by Gasteiger charge is -2.34. The third-order valence-corrected chi connectivity index (χ3v) is 13.0. The van der Waals surface area contributed by atoms with Gasteiger partial charge in [-0.3, -0.25) is 43.2 Å². The standard InChI is InChI=1S/C27H42N2O7.C25H42N2O6.C17H30N2O4/c1-5-23(30)14-9-11-17-34-20-27(29-26(33)8-4,21-35-18-12-10-15-24(31)6-2)22-36-19-13-16-28-25(32)7-3;1-8-22(28)12-19(5)13-31-16-25(11-4,17-32-14-20(6)26-23(29)9-2)18-33-15-21(7)27-24(30)10-3;1-5-15(20)18-9-7-11-22-13-17(3,4)14-23-12-8-10-19-16(21)6-2/h5-8H,1-4,9-22H2,(H,28,32)(H,29,33);8-10,19-21H,1-3,11-18H2,4-7H3,(H,26,29)(H,27,30);5-6H,1-2,7-14H2,3-4H3,(H,18,20)(H,19,21). The highest BCUT2D eigenvalue weighted by molar-refractivity contribution is 5.91. The second-order valence-corrected chi connectivity index (χ2v) is 22.8. The minimum Gasteiger partial charge on any atom is -0.381 e. The summed E-state index contributed by atoms with van der Waals surface area (Å²) in [5.74, 6) is -1.44. The van der Waals surface area contributed by atoms with Crippen LogP contribution in [0.2, 0.25) is 0 Å². The highest BCUT2D eigenvalue weighted by Gasteiger charge is 2.34. The molecule has 0 rings (SSSR count). The first-order valence-electron chi connectivity index (χ1n) is 31.4. The molecule has 0 aliphatic rings. The summed E-state index contributed by atoms with van der Waals surface area (Å²) in [7, 11) is 0. The molecule has 522 valence electrons. The van der Waals surface area contributed by atoms with Gasteiger partial charge in [-0.25, -0.2) is 0 Å². The summed E-state index contributed by atoms with van der Waals surface area (Å²) >= 11 is 0. The first kappa shape index (κ1) is 89.4. The quantitative estimate of drug-likeness (QED) is 0.0274. The van der Waals surface area contributed by atoms with Gasteiger partial charge in [0, 0.05) is 101 Å². The van der Waals surface area contributed by atoms with Crippen molar-refractivity contribution in [3.05, 3.63) is 114 Å². The van der Waals surface area contributed by atoms with Crippen LogP contribution in [-0.4, -0.2) is 196 Å². The maximum absolute atomic E-state index is 12.2. The predicted molar refractivity (Wildman–Crippen MR) is 360 cm³/mol. The van der Waals surface area contributed by atoms with E-state index in [0.717, 1.165) is 19.3 Å². The molecule has 0 aliphatic heterocycles. The topological polar surface area (TPSA) is 300 Å². The SMILES string of the molecule is C=CC(=O)CC(C)COCC(CC)(COCC(C)NC(=O)C=C)COCC(C)NC(=O)C=C.C=CC(=O)CCCCOCC(COCCCCC(=O)C=C)(COCCCNC(=O)C=C)NC(=O)C=C.C=CC(=O)NCCCOCC(C)(C)COCCCNC(=O)C=C. The Morgan fingerprint density at radius 3 is 1.03 bits per heavy atom. The Labute approximate surface area is 549 Å². The van der Waals surface area contributed by atoms with Crippen molar-refractivity contribution in [2.45, 2.75) is 130 Å². The van der Waals surface area contributed by atoms with Gasteiger partial charge in [-0.2, -0.15) is 0 Å². The fourth-order valence-electron chi connectivity index (χ4n) is 7.66. The number of hydrogen-bond donors (Lipinski definition) is 6. The molecule has 6 amide bonds. The molecule has 0 fully saturated rings. The molecular weight excluding hydrogens is 1180 g/mol. The predicted octanol–water partition coefficient (Wildman–Crippen LogP) is 6.65. The molecule has 23 heteroatoms. The normalized spacial score (nSPS) is 12.5. The van der Waals surface area contributed by atoms with E-state index in [9.17, 15) is 43.2 Å². The van der Waals surface area contributed by atoms with E-state index in [1.165, 1.54) is 54.7 Å². The van der Waals surface area contributed by atoms with E-state index in [1.807, 2.05) is 27.7 Å². The largest absolute Gasteiger partial charge is 0.381 e. The van der Waals surface area contributed by atoms with Crippen molar-refractivity contribution >= 4 is 52.8 Å². The van der Waals surface area contributed by atoms with E-state index in [4.69, 9.17) is 37.9 Å². The molecule has 0 bridgehead atoms. The van der Waals surface area contributed by atoms with E-state index in [1.54, 1.807) is 0 Å². The number of rotatable bonds is 59. The van der Waals surface area contributed by atoms with Crippen LogP contribution in [0.15, 0.2) is 114 Å². The molecule has 0 radical (unpaired) electrons. The van der Waals surface area contributed by atoms with Gasteiger partial charge in [0.1, 0.15) is 5.54 Å². The van der Waals surface area contributed by atoms with E-state index in [2.05, 4.69) is 105 Å². The number of carbonyl (C=O) groups excluding carboxylic acids is 9. The average Bonchev–Trinajstić information content (AvgIpc) is 1.40. The summed E-state index contributed by atoms with van der Waals surface area (Å²) in [5, 5.41) is 16.5.